The van der Waals surface area contributed by atoms with Crippen LogP contribution in [0, 0.1) is 34.9 Å². The second-order valence-electron chi connectivity index (χ2n) is 32.5. The number of nitrogens with one attached hydrogen (secondary N) is 1. The van der Waals surface area contributed by atoms with E-state index in [0.717, 1.165) is 65.3 Å². The van der Waals surface area contributed by atoms with Crippen LogP contribution in [0.25, 0.3) is 33.4 Å². The van der Waals surface area contributed by atoms with Crippen LogP contribution >= 0.6 is 0 Å². The van der Waals surface area contributed by atoms with Crippen LogP contribution in [0.5, 0.6) is 34.5 Å². The maximum absolute atomic E-state index is 14.1. The summed E-state index contributed by atoms with van der Waals surface area (Å²) in [6, 6.07) is 30.1. The van der Waals surface area contributed by atoms with Crippen molar-refractivity contribution in [2.24, 2.45) is 0 Å². The van der Waals surface area contributed by atoms with Crippen molar-refractivity contribution in [2.75, 3.05) is 46.4 Å². The van der Waals surface area contributed by atoms with Crippen LogP contribution in [0.4, 0.5) is 40.7 Å². The molecule has 3 aliphatic rings. The number of carbonyl (C=O) groups excluding carboxylic acids is 5. The molecule has 0 aliphatic carbocycles. The molecule has 0 bridgehead atoms. The van der Waals surface area contributed by atoms with Gasteiger partial charge in [-0.3, -0.25) is 4.79 Å². The Morgan fingerprint density at radius 3 is 0.931 bits per heavy atom. The van der Waals surface area contributed by atoms with Gasteiger partial charge >= 0.3 is 30.2 Å². The van der Waals surface area contributed by atoms with E-state index >= 15 is 0 Å². The van der Waals surface area contributed by atoms with E-state index in [4.69, 9.17) is 33.2 Å². The Morgan fingerprint density at radius 1 is 0.405 bits per heavy atom. The van der Waals surface area contributed by atoms with Gasteiger partial charge in [0, 0.05) is 97.2 Å². The smallest absolute Gasteiger partial charge is 0.410 e. The van der Waals surface area contributed by atoms with Crippen molar-refractivity contribution < 1.29 is 93.4 Å². The number of likely N-dealkylation sites (tertiary alicyclic amines) is 3. The molecule has 6 heterocycles. The highest BCUT2D eigenvalue weighted by atomic mass is 19.2. The molecular weight excluding hydrogens is 1510 g/mol. The van der Waals surface area contributed by atoms with Crippen LogP contribution in [0.15, 0.2) is 146 Å². The van der Waals surface area contributed by atoms with Crippen molar-refractivity contribution in [2.45, 2.75) is 183 Å². The fourth-order valence-electron chi connectivity index (χ4n) is 14.2. The molecule has 3 fully saturated rings. The van der Waals surface area contributed by atoms with E-state index in [1.807, 2.05) is 125 Å². The molecule has 2 N–H and O–H groups in total. The lowest BCUT2D eigenvalue weighted by molar-refractivity contribution is 0.0278. The van der Waals surface area contributed by atoms with Crippen molar-refractivity contribution >= 4 is 36.1 Å². The van der Waals surface area contributed by atoms with E-state index in [1.165, 1.54) is 37.4 Å². The number of methoxy groups -OCH3 is 1. The van der Waals surface area contributed by atoms with E-state index in [9.17, 15) is 60.2 Å². The highest BCUT2D eigenvalue weighted by molar-refractivity contribution is 6.03. The predicted molar refractivity (Wildman–Crippen MR) is 427 cm³/mol. The zero-order chi connectivity index (χ0) is 84.6. The van der Waals surface area contributed by atoms with Crippen LogP contribution in [0.2, 0.25) is 0 Å². The maximum Gasteiger partial charge on any atom is 0.410 e. The van der Waals surface area contributed by atoms with Crippen LogP contribution in [0.1, 0.15) is 189 Å². The summed E-state index contributed by atoms with van der Waals surface area (Å²) in [4.78, 5) is 81.8. The Kier molecular flexibility index (Phi) is 27.0. The number of ether oxygens (including phenoxy) is 7. The number of esters is 1. The van der Waals surface area contributed by atoms with Gasteiger partial charge in [0.2, 0.25) is 0 Å². The molecule has 0 radical (unpaired) electrons. The third-order valence-corrected chi connectivity index (χ3v) is 19.3. The van der Waals surface area contributed by atoms with E-state index in [2.05, 4.69) is 9.88 Å². The summed E-state index contributed by atoms with van der Waals surface area (Å²) in [5, 5.41) is 13.2. The standard InChI is InChI=1S/C32H39F2N3O4.C29H32F2N2O5.C28H30F2N2O5/c1-8-26-27(29(38)35-31(2,3)4)23(19-37(26)21-16-17-36(18-21)30(39)41-32(5,6)7)20-12-14-22(15-13-20)40-28-24(33)10-9-11-25(28)34;1-6-24-25(27(34)36-5)21(17-33(24)19-14-15-32(16-19)28(35)38-29(2,3)4)18-10-12-20(13-11-18)37-26-22(30)8-7-9-23(26)31;1-5-23-24(26(33)34)20(16-32(23)18-13-14-31(15-18)27(35)37-28(2,3)4)17-9-11-19(12-10-17)36-25-21(29)7-6-8-22(25)30/h9-15,19,21H,8,16-18H2,1-7H3,(H,35,38);7-13,17,19H,6,14-16H2,1-5H3;6-12,16,18H,5,13-15H2,1-4H3,(H,33,34)/t21-;19-;18-/m111/s1. The van der Waals surface area contributed by atoms with Gasteiger partial charge in [0.1, 0.15) is 34.1 Å². The fraction of sp³-hybridized carbons (Fsp3) is 0.393. The Hall–Kier alpha value is -11.6. The summed E-state index contributed by atoms with van der Waals surface area (Å²) < 4.78 is 128. The summed E-state index contributed by atoms with van der Waals surface area (Å²) in [5.74, 6) is -7.29. The molecule has 9 aromatic rings. The van der Waals surface area contributed by atoms with E-state index in [1.54, 1.807) is 81.6 Å². The van der Waals surface area contributed by atoms with Gasteiger partial charge in [0.05, 0.1) is 41.9 Å². The van der Waals surface area contributed by atoms with Crippen LogP contribution in [-0.2, 0) is 38.2 Å². The molecule has 21 nitrogen and oxygen atoms in total. The van der Waals surface area contributed by atoms with E-state index in [0.29, 0.717) is 110 Å². The maximum atomic E-state index is 14.1. The second-order valence-corrected chi connectivity index (χ2v) is 32.5. The molecule has 3 saturated heterocycles. The lowest BCUT2D eigenvalue weighted by Gasteiger charge is -2.25. The van der Waals surface area contributed by atoms with Crippen molar-refractivity contribution in [3.05, 3.63) is 215 Å². The van der Waals surface area contributed by atoms with Crippen molar-refractivity contribution in [3.63, 3.8) is 0 Å². The van der Waals surface area contributed by atoms with Gasteiger partial charge in [0.15, 0.2) is 52.2 Å². The van der Waals surface area contributed by atoms with Gasteiger partial charge in [-0.2, -0.15) is 0 Å². The van der Waals surface area contributed by atoms with E-state index in [-0.39, 0.29) is 65.1 Å². The Labute approximate surface area is 671 Å². The summed E-state index contributed by atoms with van der Waals surface area (Å²) in [7, 11) is 1.34. The second kappa shape index (κ2) is 36.0. The lowest BCUT2D eigenvalue weighted by Crippen LogP contribution is -2.41. The minimum Gasteiger partial charge on any atom is -0.478 e. The number of amides is 4. The largest absolute Gasteiger partial charge is 0.478 e. The molecule has 618 valence electrons. The molecule has 3 aromatic heterocycles. The minimum absolute atomic E-state index is 0.0287. The Bertz CT molecular complexity index is 4990. The van der Waals surface area contributed by atoms with Gasteiger partial charge in [0.25, 0.3) is 5.91 Å². The Morgan fingerprint density at radius 2 is 0.672 bits per heavy atom. The normalized spacial score (nSPS) is 15.6. The number of carboxylic acids is 1. The number of halogens is 6. The van der Waals surface area contributed by atoms with Gasteiger partial charge in [-0.25, -0.2) is 50.3 Å². The molecule has 4 amide bonds. The minimum atomic E-state index is -1.05. The van der Waals surface area contributed by atoms with Crippen LogP contribution in [-0.4, -0.2) is 138 Å². The van der Waals surface area contributed by atoms with Crippen molar-refractivity contribution in [3.8, 4) is 67.9 Å². The molecule has 116 heavy (non-hydrogen) atoms. The SMILES string of the molecule is CCc1c(C(=O)NC(C)(C)C)c(-c2ccc(Oc3c(F)cccc3F)cc2)cn1[C@@H]1CCN(C(=O)OC(C)(C)C)C1.CCc1c(C(=O)O)c(-c2ccc(Oc3c(F)cccc3F)cc2)cn1[C@@H]1CCN(C(=O)OC(C)(C)C)C1.CCc1c(C(=O)OC)c(-c2ccc(Oc3c(F)cccc3F)cc2)cn1[C@@H]1CCN(C(=O)OC(C)(C)C)C1. The summed E-state index contributed by atoms with van der Waals surface area (Å²) >= 11 is 0. The third kappa shape index (κ3) is 21.1. The highest BCUT2D eigenvalue weighted by Gasteiger charge is 2.38. The molecule has 6 aromatic carbocycles. The first-order chi connectivity index (χ1) is 54.7. The van der Waals surface area contributed by atoms with Gasteiger partial charge in [-0.1, -0.05) is 75.4 Å². The van der Waals surface area contributed by atoms with Crippen LogP contribution < -0.4 is 19.5 Å². The molecule has 0 spiro atoms. The number of para-hydroxylation sites is 3. The number of carbonyl (C=O) groups is 6. The summed E-state index contributed by atoms with van der Waals surface area (Å²) in [6.45, 7) is 31.0. The first-order valence-corrected chi connectivity index (χ1v) is 38.6. The lowest BCUT2D eigenvalue weighted by atomic mass is 9.99. The molecule has 12 rings (SSSR count). The van der Waals surface area contributed by atoms with Crippen LogP contribution in [0.3, 0.4) is 0 Å². The number of carboxylic acid groups (broad SMARTS) is 1. The highest BCUT2D eigenvalue weighted by Crippen LogP contribution is 2.42. The summed E-state index contributed by atoms with van der Waals surface area (Å²) in [6.07, 6.45) is 8.33. The number of benzene rings is 6. The molecule has 0 unspecified atom stereocenters. The van der Waals surface area contributed by atoms with Crippen molar-refractivity contribution in [1.29, 1.82) is 0 Å². The van der Waals surface area contributed by atoms with Crippen molar-refractivity contribution in [1.82, 2.24) is 33.7 Å². The Balaban J connectivity index is 0.000000184. The zero-order valence-corrected chi connectivity index (χ0v) is 68.3. The first kappa shape index (κ1) is 86.8. The van der Waals surface area contributed by atoms with Gasteiger partial charge < -0.3 is 72.0 Å². The quantitative estimate of drug-likeness (QED) is 0.0463. The zero-order valence-electron chi connectivity index (χ0n) is 68.3. The average Bonchev–Trinajstić information content (AvgIpc) is 1.62. The first-order valence-electron chi connectivity index (χ1n) is 38.6. The predicted octanol–water partition coefficient (Wildman–Crippen LogP) is 20.9. The molecule has 3 aliphatic heterocycles. The molecule has 27 heteroatoms. The number of hydrogen-bond donors (Lipinski definition) is 2. The number of hydrogen-bond acceptors (Lipinski definition) is 13. The average molecular weight is 1610 g/mol. The monoisotopic (exact) mass is 1610 g/mol. The molecule has 0 saturated carbocycles. The van der Waals surface area contributed by atoms with E-state index < -0.39 is 86.4 Å². The van der Waals surface area contributed by atoms with Gasteiger partial charge in [-0.15, -0.1) is 0 Å². The third-order valence-electron chi connectivity index (χ3n) is 19.3. The molecule has 3 atom stereocenters. The number of nitrogens with zero attached hydrogens (tertiary/aromatic N) is 6. The molecular formula is C89H101F6N7O14. The summed E-state index contributed by atoms with van der Waals surface area (Å²) in [5.41, 5.74) is 5.27. The number of aromatic nitrogens is 3. The number of aromatic carboxylic acids is 1. The van der Waals surface area contributed by atoms with Gasteiger partial charge in [-0.05, 0) is 211 Å². The fourth-order valence-corrected chi connectivity index (χ4v) is 14.2. The topological polar surface area (TPSA) is 224 Å². The number of rotatable bonds is 18.